The second-order valence-electron chi connectivity index (χ2n) is 6.18. The number of nitrogens with zero attached hydrogens (tertiary/aromatic N) is 2. The van der Waals surface area contributed by atoms with Crippen molar-refractivity contribution in [3.8, 4) is 11.1 Å². The maximum atomic E-state index is 4.59. The van der Waals surface area contributed by atoms with Gasteiger partial charge < -0.3 is 0 Å². The SMILES string of the molecule is C=Cc1ccc(C)c(-c2cnn(C(/C=C(\C)CC)=C(C)C)c2)c1. The normalized spacial score (nSPS) is 11.4. The Balaban J connectivity index is 2.48. The van der Waals surface area contributed by atoms with Gasteiger partial charge in [0.25, 0.3) is 0 Å². The average Bonchev–Trinajstić information content (AvgIpc) is 3.01. The van der Waals surface area contributed by atoms with Gasteiger partial charge >= 0.3 is 0 Å². The Bertz CT molecular complexity index is 769. The van der Waals surface area contributed by atoms with E-state index in [0.29, 0.717) is 0 Å². The molecule has 2 rings (SSSR count). The molecule has 0 unspecified atom stereocenters. The van der Waals surface area contributed by atoms with E-state index >= 15 is 0 Å². The van der Waals surface area contributed by atoms with E-state index in [0.717, 1.165) is 23.2 Å². The molecule has 0 fully saturated rings. The Morgan fingerprint density at radius 3 is 2.61 bits per heavy atom. The van der Waals surface area contributed by atoms with Gasteiger partial charge in [0, 0.05) is 11.8 Å². The molecule has 23 heavy (non-hydrogen) atoms. The first-order valence-electron chi connectivity index (χ1n) is 8.09. The van der Waals surface area contributed by atoms with Gasteiger partial charge in [-0.25, -0.2) is 4.68 Å². The highest BCUT2D eigenvalue weighted by Gasteiger charge is 2.08. The van der Waals surface area contributed by atoms with E-state index in [1.54, 1.807) is 0 Å². The summed E-state index contributed by atoms with van der Waals surface area (Å²) in [4.78, 5) is 0. The Kier molecular flexibility index (Phi) is 5.38. The Labute approximate surface area is 139 Å². The van der Waals surface area contributed by atoms with Crippen LogP contribution in [0.2, 0.25) is 0 Å². The first kappa shape index (κ1) is 17.0. The molecule has 1 heterocycles. The third-order valence-corrected chi connectivity index (χ3v) is 4.09. The van der Waals surface area contributed by atoms with Crippen molar-refractivity contribution in [2.24, 2.45) is 0 Å². The van der Waals surface area contributed by atoms with Crippen LogP contribution in [0.1, 0.15) is 45.2 Å². The molecule has 0 aliphatic carbocycles. The minimum atomic E-state index is 1.05. The molecule has 1 aromatic heterocycles. The van der Waals surface area contributed by atoms with Crippen LogP contribution in [0.4, 0.5) is 0 Å². The summed E-state index contributed by atoms with van der Waals surface area (Å²) < 4.78 is 1.98. The van der Waals surface area contributed by atoms with Crippen molar-refractivity contribution >= 4 is 11.8 Å². The number of allylic oxidation sites excluding steroid dienone is 4. The fourth-order valence-corrected chi connectivity index (χ4v) is 2.45. The third kappa shape index (κ3) is 3.89. The number of hydrogen-bond donors (Lipinski definition) is 0. The zero-order valence-electron chi connectivity index (χ0n) is 14.9. The lowest BCUT2D eigenvalue weighted by atomic mass is 10.0. The minimum absolute atomic E-state index is 1.05. The molecule has 120 valence electrons. The van der Waals surface area contributed by atoms with Gasteiger partial charge in [0.1, 0.15) is 0 Å². The zero-order valence-corrected chi connectivity index (χ0v) is 14.9. The highest BCUT2D eigenvalue weighted by molar-refractivity contribution is 5.71. The lowest BCUT2D eigenvalue weighted by Crippen LogP contribution is -1.98. The van der Waals surface area contributed by atoms with E-state index in [4.69, 9.17) is 0 Å². The molecular weight excluding hydrogens is 280 g/mol. The highest BCUT2D eigenvalue weighted by Crippen LogP contribution is 2.26. The quantitative estimate of drug-likeness (QED) is 0.609. The van der Waals surface area contributed by atoms with Gasteiger partial charge in [0.05, 0.1) is 11.9 Å². The largest absolute Gasteiger partial charge is 0.240 e. The molecule has 0 aliphatic rings. The summed E-state index contributed by atoms with van der Waals surface area (Å²) in [5.41, 5.74) is 8.46. The molecule has 0 N–H and O–H groups in total. The molecule has 2 aromatic rings. The predicted octanol–water partition coefficient (Wildman–Crippen LogP) is 6.11. The van der Waals surface area contributed by atoms with Gasteiger partial charge in [-0.15, -0.1) is 0 Å². The molecule has 0 radical (unpaired) electrons. The third-order valence-electron chi connectivity index (χ3n) is 4.09. The number of aryl methyl sites for hydroxylation is 1. The summed E-state index contributed by atoms with van der Waals surface area (Å²) in [7, 11) is 0. The van der Waals surface area contributed by atoms with Gasteiger partial charge in [0.15, 0.2) is 0 Å². The van der Waals surface area contributed by atoms with Crippen molar-refractivity contribution < 1.29 is 0 Å². The summed E-state index contributed by atoms with van der Waals surface area (Å²) in [5.74, 6) is 0. The standard InChI is InChI=1S/C21H26N2/c1-7-16(5)11-21(15(3)4)23-14-19(13-22-23)20-12-18(8-2)10-9-17(20)6/h8-14H,2,7H2,1,3-6H3/b16-11+. The monoisotopic (exact) mass is 306 g/mol. The first-order valence-corrected chi connectivity index (χ1v) is 8.09. The van der Waals surface area contributed by atoms with E-state index in [-0.39, 0.29) is 0 Å². The van der Waals surface area contributed by atoms with Gasteiger partial charge in [-0.2, -0.15) is 5.10 Å². The van der Waals surface area contributed by atoms with Gasteiger partial charge in [-0.3, -0.25) is 0 Å². The van der Waals surface area contributed by atoms with Crippen molar-refractivity contribution in [2.75, 3.05) is 0 Å². The van der Waals surface area contributed by atoms with Crippen LogP contribution in [-0.2, 0) is 0 Å². The van der Waals surface area contributed by atoms with Crippen LogP contribution < -0.4 is 0 Å². The molecule has 1 aromatic carbocycles. The van der Waals surface area contributed by atoms with E-state index in [1.807, 2.05) is 17.0 Å². The van der Waals surface area contributed by atoms with Gasteiger partial charge in [0.2, 0.25) is 0 Å². The van der Waals surface area contributed by atoms with E-state index < -0.39 is 0 Å². The van der Waals surface area contributed by atoms with Crippen molar-refractivity contribution in [1.29, 1.82) is 0 Å². The second-order valence-corrected chi connectivity index (χ2v) is 6.18. The second kappa shape index (κ2) is 7.28. The van der Waals surface area contributed by atoms with Crippen LogP contribution in [0.5, 0.6) is 0 Å². The molecular formula is C21H26N2. The summed E-state index contributed by atoms with van der Waals surface area (Å²) in [6.45, 7) is 14.6. The summed E-state index contributed by atoms with van der Waals surface area (Å²) in [6, 6.07) is 6.39. The first-order chi connectivity index (χ1) is 11.0. The maximum absolute atomic E-state index is 4.59. The van der Waals surface area contributed by atoms with E-state index in [9.17, 15) is 0 Å². The molecule has 0 atom stereocenters. The molecule has 0 amide bonds. The van der Waals surface area contributed by atoms with Crippen molar-refractivity contribution in [2.45, 2.75) is 41.0 Å². The van der Waals surface area contributed by atoms with E-state index in [2.05, 4.69) is 76.8 Å². The lowest BCUT2D eigenvalue weighted by Gasteiger charge is -2.08. The zero-order chi connectivity index (χ0) is 17.0. The van der Waals surface area contributed by atoms with Crippen LogP contribution in [0.3, 0.4) is 0 Å². The molecule has 0 bridgehead atoms. The van der Waals surface area contributed by atoms with Crippen molar-refractivity contribution in [3.05, 3.63) is 65.5 Å². The van der Waals surface area contributed by atoms with Crippen LogP contribution in [0.15, 0.2) is 54.4 Å². The fourth-order valence-electron chi connectivity index (χ4n) is 2.45. The summed E-state index contributed by atoms with van der Waals surface area (Å²) in [6.07, 6.45) is 9.19. The summed E-state index contributed by atoms with van der Waals surface area (Å²) in [5, 5.41) is 4.59. The molecule has 0 saturated heterocycles. The topological polar surface area (TPSA) is 17.8 Å². The Morgan fingerprint density at radius 2 is 2.00 bits per heavy atom. The Hall–Kier alpha value is -2.35. The van der Waals surface area contributed by atoms with Crippen molar-refractivity contribution in [1.82, 2.24) is 9.78 Å². The number of aromatic nitrogens is 2. The maximum Gasteiger partial charge on any atom is 0.0631 e. The number of hydrogen-bond acceptors (Lipinski definition) is 1. The summed E-state index contributed by atoms with van der Waals surface area (Å²) >= 11 is 0. The smallest absolute Gasteiger partial charge is 0.0631 e. The van der Waals surface area contributed by atoms with Gasteiger partial charge in [-0.05, 0) is 62.9 Å². The minimum Gasteiger partial charge on any atom is -0.240 e. The molecule has 0 spiro atoms. The van der Waals surface area contributed by atoms with Crippen LogP contribution in [-0.4, -0.2) is 9.78 Å². The van der Waals surface area contributed by atoms with Crippen LogP contribution in [0.25, 0.3) is 22.9 Å². The number of rotatable bonds is 5. The predicted molar refractivity (Wildman–Crippen MR) is 101 cm³/mol. The van der Waals surface area contributed by atoms with E-state index in [1.165, 1.54) is 22.3 Å². The Morgan fingerprint density at radius 1 is 1.26 bits per heavy atom. The lowest BCUT2D eigenvalue weighted by molar-refractivity contribution is 0.896. The average molecular weight is 306 g/mol. The molecule has 0 aliphatic heterocycles. The van der Waals surface area contributed by atoms with Gasteiger partial charge in [-0.1, -0.05) is 42.9 Å². The molecule has 0 saturated carbocycles. The van der Waals surface area contributed by atoms with Crippen molar-refractivity contribution in [3.63, 3.8) is 0 Å². The number of benzene rings is 1. The highest BCUT2D eigenvalue weighted by atomic mass is 15.3. The fraction of sp³-hybridized carbons (Fsp3) is 0.286. The van der Waals surface area contributed by atoms with Crippen LogP contribution >= 0.6 is 0 Å². The molecule has 2 heteroatoms. The van der Waals surface area contributed by atoms with Crippen LogP contribution in [0, 0.1) is 6.92 Å². The molecule has 2 nitrogen and oxygen atoms in total.